The highest BCUT2D eigenvalue weighted by Gasteiger charge is 2.20. The van der Waals surface area contributed by atoms with E-state index in [1.165, 1.54) is 30.0 Å². The molecule has 1 aromatic heterocycles. The molecule has 0 unspecified atom stereocenters. The normalized spacial score (nSPS) is 10.2. The second-order valence-corrected chi connectivity index (χ2v) is 4.95. The lowest BCUT2D eigenvalue weighted by Crippen LogP contribution is -2.14. The molecule has 21 heavy (non-hydrogen) atoms. The van der Waals surface area contributed by atoms with E-state index in [1.54, 1.807) is 13.2 Å². The zero-order chi connectivity index (χ0) is 15.6. The molecule has 0 fully saturated rings. The number of hydrogen-bond donors (Lipinski definition) is 1. The Morgan fingerprint density at radius 1 is 1.52 bits per heavy atom. The van der Waals surface area contributed by atoms with Gasteiger partial charge in [0.1, 0.15) is 11.4 Å². The van der Waals surface area contributed by atoms with Gasteiger partial charge in [0, 0.05) is 13.2 Å². The van der Waals surface area contributed by atoms with Crippen LogP contribution in [-0.4, -0.2) is 27.7 Å². The summed E-state index contributed by atoms with van der Waals surface area (Å²) in [7, 11) is 3.07. The van der Waals surface area contributed by atoms with Gasteiger partial charge in [-0.2, -0.15) is 5.10 Å². The van der Waals surface area contributed by atoms with Gasteiger partial charge in [-0.15, -0.1) is 0 Å². The summed E-state index contributed by atoms with van der Waals surface area (Å²) < 4.78 is 6.89. The first-order valence-electron chi connectivity index (χ1n) is 5.75. The molecule has 0 aliphatic carbocycles. The van der Waals surface area contributed by atoms with Gasteiger partial charge in [-0.25, -0.2) is 0 Å². The largest absolute Gasteiger partial charge is 0.496 e. The van der Waals surface area contributed by atoms with Crippen molar-refractivity contribution in [2.45, 2.75) is 0 Å². The molecule has 0 saturated heterocycles. The zero-order valence-electron chi connectivity index (χ0n) is 11.2. The Labute approximate surface area is 128 Å². The van der Waals surface area contributed by atoms with E-state index in [9.17, 15) is 14.9 Å². The summed E-state index contributed by atoms with van der Waals surface area (Å²) in [6.45, 7) is 0. The lowest BCUT2D eigenvalue weighted by atomic mass is 10.2. The molecule has 1 heterocycles. The van der Waals surface area contributed by atoms with Crippen LogP contribution in [0.25, 0.3) is 0 Å². The Hall–Kier alpha value is -2.42. The van der Waals surface area contributed by atoms with Crippen LogP contribution in [0, 0.1) is 10.1 Å². The molecule has 0 aliphatic rings. The van der Waals surface area contributed by atoms with Crippen molar-refractivity contribution in [2.24, 2.45) is 7.05 Å². The molecule has 8 nitrogen and oxygen atoms in total. The van der Waals surface area contributed by atoms with Crippen molar-refractivity contribution in [3.8, 4) is 5.75 Å². The molecule has 1 N–H and O–H groups in total. The molecule has 0 saturated carbocycles. The van der Waals surface area contributed by atoms with Crippen LogP contribution in [0.3, 0.4) is 0 Å². The lowest BCUT2D eigenvalue weighted by Gasteiger charge is -2.06. The quantitative estimate of drug-likeness (QED) is 0.670. The molecular weight excluding hydrogens is 344 g/mol. The van der Waals surface area contributed by atoms with Gasteiger partial charge in [-0.3, -0.25) is 19.6 Å². The third-order valence-electron chi connectivity index (χ3n) is 2.65. The van der Waals surface area contributed by atoms with Crippen molar-refractivity contribution in [1.29, 1.82) is 0 Å². The van der Waals surface area contributed by atoms with E-state index < -0.39 is 10.8 Å². The smallest absolute Gasteiger partial charge is 0.296 e. The fourth-order valence-corrected chi connectivity index (χ4v) is 2.25. The number of halogens is 1. The van der Waals surface area contributed by atoms with Crippen LogP contribution < -0.4 is 10.1 Å². The van der Waals surface area contributed by atoms with E-state index in [0.29, 0.717) is 10.2 Å². The Morgan fingerprint density at radius 2 is 2.24 bits per heavy atom. The highest BCUT2D eigenvalue weighted by atomic mass is 79.9. The van der Waals surface area contributed by atoms with Gasteiger partial charge in [0.2, 0.25) is 0 Å². The van der Waals surface area contributed by atoms with E-state index in [2.05, 4.69) is 26.3 Å². The SMILES string of the molecule is COc1ccc(NC(=O)c2nn(C)cc2Br)c([N+](=O)[O-])c1. The monoisotopic (exact) mass is 354 g/mol. The Morgan fingerprint density at radius 3 is 2.76 bits per heavy atom. The Bertz CT molecular complexity index is 713. The first-order chi connectivity index (χ1) is 9.92. The molecule has 0 spiro atoms. The number of benzene rings is 1. The maximum atomic E-state index is 12.1. The second kappa shape index (κ2) is 5.92. The van der Waals surface area contributed by atoms with E-state index in [4.69, 9.17) is 4.74 Å². The number of carbonyl (C=O) groups is 1. The van der Waals surface area contributed by atoms with Crippen molar-refractivity contribution in [2.75, 3.05) is 12.4 Å². The van der Waals surface area contributed by atoms with Gasteiger partial charge in [0.15, 0.2) is 5.69 Å². The minimum atomic E-state index is -0.592. The summed E-state index contributed by atoms with van der Waals surface area (Å²) in [4.78, 5) is 22.6. The third-order valence-corrected chi connectivity index (χ3v) is 3.23. The lowest BCUT2D eigenvalue weighted by molar-refractivity contribution is -0.384. The van der Waals surface area contributed by atoms with Crippen molar-refractivity contribution < 1.29 is 14.5 Å². The molecule has 1 aromatic carbocycles. The number of methoxy groups -OCH3 is 1. The van der Waals surface area contributed by atoms with Gasteiger partial charge in [-0.05, 0) is 28.1 Å². The molecule has 0 aliphatic heterocycles. The number of nitro groups is 1. The van der Waals surface area contributed by atoms with Crippen LogP contribution in [0.4, 0.5) is 11.4 Å². The van der Waals surface area contributed by atoms with Crippen LogP contribution >= 0.6 is 15.9 Å². The van der Waals surface area contributed by atoms with Crippen molar-refractivity contribution in [3.05, 3.63) is 44.7 Å². The number of carbonyl (C=O) groups excluding carboxylic acids is 1. The second-order valence-electron chi connectivity index (χ2n) is 4.09. The molecule has 0 bridgehead atoms. The average Bonchev–Trinajstić information content (AvgIpc) is 2.78. The van der Waals surface area contributed by atoms with Crippen molar-refractivity contribution in [3.63, 3.8) is 0 Å². The molecule has 0 radical (unpaired) electrons. The Balaban J connectivity index is 2.33. The summed E-state index contributed by atoms with van der Waals surface area (Å²) in [5.41, 5.74) is -0.0410. The van der Waals surface area contributed by atoms with Gasteiger partial charge in [0.25, 0.3) is 11.6 Å². The summed E-state index contributed by atoms with van der Waals surface area (Å²) >= 11 is 3.20. The standard InChI is InChI=1S/C12H11BrN4O4/c1-16-6-8(13)11(15-16)12(18)14-9-4-3-7(21-2)5-10(9)17(19)20/h3-6H,1-2H3,(H,14,18). The number of ether oxygens (including phenoxy) is 1. The molecule has 9 heteroatoms. The van der Waals surface area contributed by atoms with Gasteiger partial charge in [-0.1, -0.05) is 0 Å². The highest BCUT2D eigenvalue weighted by molar-refractivity contribution is 9.10. The third kappa shape index (κ3) is 3.19. The van der Waals surface area contributed by atoms with E-state index in [0.717, 1.165) is 0 Å². The highest BCUT2D eigenvalue weighted by Crippen LogP contribution is 2.29. The van der Waals surface area contributed by atoms with Gasteiger partial charge < -0.3 is 10.1 Å². The zero-order valence-corrected chi connectivity index (χ0v) is 12.7. The fraction of sp³-hybridized carbons (Fsp3) is 0.167. The van der Waals surface area contributed by atoms with E-state index in [-0.39, 0.29) is 17.1 Å². The van der Waals surface area contributed by atoms with Crippen LogP contribution in [0.2, 0.25) is 0 Å². The number of nitro benzene ring substituents is 1. The first kappa shape index (κ1) is 15.0. The van der Waals surface area contributed by atoms with E-state index >= 15 is 0 Å². The first-order valence-corrected chi connectivity index (χ1v) is 6.54. The summed E-state index contributed by atoms with van der Waals surface area (Å²) in [5, 5.41) is 17.5. The number of hydrogen-bond acceptors (Lipinski definition) is 5. The molecule has 2 aromatic rings. The number of aryl methyl sites for hydroxylation is 1. The van der Waals surface area contributed by atoms with Crippen LogP contribution in [-0.2, 0) is 7.05 Å². The number of aromatic nitrogens is 2. The number of nitrogens with one attached hydrogen (secondary N) is 1. The average molecular weight is 355 g/mol. The van der Waals surface area contributed by atoms with Gasteiger partial charge in [0.05, 0.1) is 22.6 Å². The van der Waals surface area contributed by atoms with Crippen LogP contribution in [0.5, 0.6) is 5.75 Å². The minimum Gasteiger partial charge on any atom is -0.496 e. The predicted molar refractivity (Wildman–Crippen MR) is 78.5 cm³/mol. The Kier molecular flexibility index (Phi) is 4.22. The van der Waals surface area contributed by atoms with E-state index in [1.807, 2.05) is 0 Å². The van der Waals surface area contributed by atoms with Crippen molar-refractivity contribution in [1.82, 2.24) is 9.78 Å². The summed E-state index contributed by atoms with van der Waals surface area (Å²) in [6, 6.07) is 4.17. The maximum absolute atomic E-state index is 12.1. The topological polar surface area (TPSA) is 99.3 Å². The van der Waals surface area contributed by atoms with Crippen LogP contribution in [0.15, 0.2) is 28.9 Å². The number of amides is 1. The molecule has 1 amide bonds. The fourth-order valence-electron chi connectivity index (χ4n) is 1.69. The number of rotatable bonds is 4. The van der Waals surface area contributed by atoms with Crippen molar-refractivity contribution >= 4 is 33.2 Å². The molecule has 110 valence electrons. The van der Waals surface area contributed by atoms with Crippen LogP contribution in [0.1, 0.15) is 10.5 Å². The predicted octanol–water partition coefficient (Wildman–Crippen LogP) is 2.35. The minimum absolute atomic E-state index is 0.0725. The number of nitrogens with zero attached hydrogens (tertiary/aromatic N) is 3. The molecular formula is C12H11BrN4O4. The summed E-state index contributed by atoms with van der Waals surface area (Å²) in [5.74, 6) is -0.213. The van der Waals surface area contributed by atoms with Gasteiger partial charge >= 0.3 is 0 Å². The summed E-state index contributed by atoms with van der Waals surface area (Å²) in [6.07, 6.45) is 1.61. The number of anilines is 1. The molecule has 0 atom stereocenters. The maximum Gasteiger partial charge on any atom is 0.296 e. The molecule has 2 rings (SSSR count).